The van der Waals surface area contributed by atoms with Crippen LogP contribution < -0.4 is 16.8 Å². The molecule has 1 aliphatic heterocycles. The lowest BCUT2D eigenvalue weighted by molar-refractivity contribution is 0.527. The zero-order valence-electron chi connectivity index (χ0n) is 4.97. The van der Waals surface area contributed by atoms with Gasteiger partial charge in [0.15, 0.2) is 0 Å². The molecule has 0 aliphatic carbocycles. The van der Waals surface area contributed by atoms with Crippen molar-refractivity contribution in [3.05, 3.63) is 11.9 Å². The first-order valence-corrected chi connectivity index (χ1v) is 3.73. The van der Waals surface area contributed by atoms with E-state index in [-0.39, 0.29) is 6.17 Å². The van der Waals surface area contributed by atoms with Crippen LogP contribution in [0.25, 0.3) is 0 Å². The van der Waals surface area contributed by atoms with Gasteiger partial charge in [0.25, 0.3) is 0 Å². The number of hydrogen-bond donors (Lipinski definition) is 3. The Balaban J connectivity index is 2.56. The molecule has 0 aromatic carbocycles. The number of nitrogens with two attached hydrogens (primary N) is 2. The molecule has 0 radical (unpaired) electrons. The highest BCUT2D eigenvalue weighted by Gasteiger charge is 2.13. The molecule has 0 saturated carbocycles. The lowest BCUT2D eigenvalue weighted by Gasteiger charge is -2.22. The molecule has 0 spiro atoms. The Hall–Kier alpha value is -0.220. The summed E-state index contributed by atoms with van der Waals surface area (Å²) in [5.74, 6) is 0.663. The fourth-order valence-corrected chi connectivity index (χ4v) is 1.51. The second-order valence-electron chi connectivity index (χ2n) is 2.12. The molecule has 0 bridgehead atoms. The molecule has 1 aliphatic rings. The molecule has 3 nitrogen and oxygen atoms in total. The molecule has 52 valence electrons. The van der Waals surface area contributed by atoms with Crippen LogP contribution in [0.3, 0.4) is 0 Å². The summed E-state index contributed by atoms with van der Waals surface area (Å²) in [6.45, 7) is 0. The van der Waals surface area contributed by atoms with Crippen molar-refractivity contribution in [2.24, 2.45) is 11.5 Å². The Morgan fingerprint density at radius 2 is 2.44 bits per heavy atom. The third-order valence-electron chi connectivity index (χ3n) is 1.19. The van der Waals surface area contributed by atoms with E-state index in [1.54, 1.807) is 0 Å². The number of halogens is 1. The molecule has 0 aromatic heterocycles. The van der Waals surface area contributed by atoms with Crippen LogP contribution in [0.4, 0.5) is 0 Å². The smallest absolute Gasteiger partial charge is 0.0942 e. The van der Waals surface area contributed by atoms with Crippen LogP contribution in [0, 0.1) is 0 Å². The summed E-state index contributed by atoms with van der Waals surface area (Å²) in [6, 6.07) is 0. The normalized spacial score (nSPS) is 35.1. The monoisotopic (exact) mass is 191 g/mol. The quantitative estimate of drug-likeness (QED) is 0.467. The first-order chi connectivity index (χ1) is 4.18. The second kappa shape index (κ2) is 2.58. The summed E-state index contributed by atoms with van der Waals surface area (Å²) in [7, 11) is 0. The lowest BCUT2D eigenvalue weighted by Crippen LogP contribution is -2.43. The van der Waals surface area contributed by atoms with E-state index >= 15 is 0 Å². The minimum Gasteiger partial charge on any atom is -0.386 e. The number of alkyl halides is 1. The highest BCUT2D eigenvalue weighted by Crippen LogP contribution is 2.12. The van der Waals surface area contributed by atoms with E-state index in [1.807, 2.05) is 6.08 Å². The number of nitrogens with one attached hydrogen (secondary N) is 1. The van der Waals surface area contributed by atoms with Gasteiger partial charge in [0.2, 0.25) is 0 Å². The first-order valence-electron chi connectivity index (χ1n) is 2.82. The van der Waals surface area contributed by atoms with E-state index in [4.69, 9.17) is 11.5 Å². The minimum atomic E-state index is -0.000579. The van der Waals surface area contributed by atoms with Crippen LogP contribution in [0.5, 0.6) is 0 Å². The van der Waals surface area contributed by atoms with Gasteiger partial charge < -0.3 is 16.8 Å². The molecule has 0 saturated heterocycles. The third-order valence-corrected chi connectivity index (χ3v) is 1.83. The molecule has 9 heavy (non-hydrogen) atoms. The maximum absolute atomic E-state index is 5.55. The zero-order chi connectivity index (χ0) is 6.85. The Morgan fingerprint density at radius 1 is 1.78 bits per heavy atom. The summed E-state index contributed by atoms with van der Waals surface area (Å²) in [4.78, 5) is 0.328. The standard InChI is InChI=1S/C5H10BrN3/c6-3-1-4(7)9-5(8)2-3/h1,3,5,9H,2,7-8H2. The van der Waals surface area contributed by atoms with E-state index in [0.717, 1.165) is 6.42 Å². The van der Waals surface area contributed by atoms with Crippen molar-refractivity contribution < 1.29 is 0 Å². The average molecular weight is 192 g/mol. The van der Waals surface area contributed by atoms with Crippen LogP contribution >= 0.6 is 15.9 Å². The predicted octanol–water partition coefficient (Wildman–Crippen LogP) is -0.172. The zero-order valence-corrected chi connectivity index (χ0v) is 6.56. The second-order valence-corrected chi connectivity index (χ2v) is 3.30. The molecular formula is C5H10BrN3. The van der Waals surface area contributed by atoms with E-state index in [1.165, 1.54) is 0 Å². The van der Waals surface area contributed by atoms with Gasteiger partial charge in [0, 0.05) is 4.83 Å². The van der Waals surface area contributed by atoms with Crippen molar-refractivity contribution in [2.75, 3.05) is 0 Å². The van der Waals surface area contributed by atoms with Crippen molar-refractivity contribution in [3.63, 3.8) is 0 Å². The van der Waals surface area contributed by atoms with Gasteiger partial charge in [-0.15, -0.1) is 0 Å². The van der Waals surface area contributed by atoms with Crippen LogP contribution in [0.2, 0.25) is 0 Å². The molecule has 2 atom stereocenters. The van der Waals surface area contributed by atoms with E-state index in [9.17, 15) is 0 Å². The van der Waals surface area contributed by atoms with Crippen molar-refractivity contribution in [1.29, 1.82) is 0 Å². The van der Waals surface area contributed by atoms with Gasteiger partial charge in [-0.05, 0) is 12.5 Å². The lowest BCUT2D eigenvalue weighted by atomic mass is 10.2. The fraction of sp³-hybridized carbons (Fsp3) is 0.600. The van der Waals surface area contributed by atoms with Gasteiger partial charge in [-0.2, -0.15) is 0 Å². The summed E-state index contributed by atoms with van der Waals surface area (Å²) in [5.41, 5.74) is 11.0. The summed E-state index contributed by atoms with van der Waals surface area (Å²) in [5, 5.41) is 2.90. The van der Waals surface area contributed by atoms with Crippen LogP contribution in [0.1, 0.15) is 6.42 Å². The van der Waals surface area contributed by atoms with Gasteiger partial charge >= 0.3 is 0 Å². The van der Waals surface area contributed by atoms with E-state index < -0.39 is 0 Å². The van der Waals surface area contributed by atoms with Crippen molar-refractivity contribution >= 4 is 15.9 Å². The third kappa shape index (κ3) is 1.87. The van der Waals surface area contributed by atoms with Gasteiger partial charge in [0.05, 0.1) is 12.0 Å². The van der Waals surface area contributed by atoms with Gasteiger partial charge in [-0.1, -0.05) is 15.9 Å². The predicted molar refractivity (Wildman–Crippen MR) is 40.7 cm³/mol. The van der Waals surface area contributed by atoms with Crippen molar-refractivity contribution in [1.82, 2.24) is 5.32 Å². The molecular weight excluding hydrogens is 182 g/mol. The summed E-state index contributed by atoms with van der Waals surface area (Å²) >= 11 is 3.39. The van der Waals surface area contributed by atoms with Crippen molar-refractivity contribution in [2.45, 2.75) is 17.4 Å². The SMILES string of the molecule is NC1=CC(Br)CC(N)N1. The van der Waals surface area contributed by atoms with Crippen molar-refractivity contribution in [3.8, 4) is 0 Å². The van der Waals surface area contributed by atoms with Crippen LogP contribution in [0.15, 0.2) is 11.9 Å². The van der Waals surface area contributed by atoms with Gasteiger partial charge in [-0.3, -0.25) is 0 Å². The van der Waals surface area contributed by atoms with E-state index in [0.29, 0.717) is 10.6 Å². The van der Waals surface area contributed by atoms with E-state index in [2.05, 4.69) is 21.2 Å². The largest absolute Gasteiger partial charge is 0.386 e. The topological polar surface area (TPSA) is 64.1 Å². The average Bonchev–Trinajstić information content (AvgIpc) is 1.59. The van der Waals surface area contributed by atoms with Crippen LogP contribution in [-0.2, 0) is 0 Å². The Bertz CT molecular complexity index is 134. The molecule has 4 heteroatoms. The highest BCUT2D eigenvalue weighted by molar-refractivity contribution is 9.09. The Labute approximate surface area is 62.6 Å². The maximum atomic E-state index is 5.55. The molecule has 0 amide bonds. The van der Waals surface area contributed by atoms with Crippen LogP contribution in [-0.4, -0.2) is 11.0 Å². The minimum absolute atomic E-state index is 0.000579. The molecule has 1 heterocycles. The molecule has 0 aromatic rings. The summed E-state index contributed by atoms with van der Waals surface area (Å²) < 4.78 is 0. The number of hydrogen-bond acceptors (Lipinski definition) is 3. The molecule has 1 rings (SSSR count). The maximum Gasteiger partial charge on any atom is 0.0942 e. The molecule has 5 N–H and O–H groups in total. The Morgan fingerprint density at radius 3 is 2.89 bits per heavy atom. The molecule has 2 unspecified atom stereocenters. The number of rotatable bonds is 0. The first kappa shape index (κ1) is 6.89. The van der Waals surface area contributed by atoms with Gasteiger partial charge in [0.1, 0.15) is 0 Å². The molecule has 0 fully saturated rings. The number of allylic oxidation sites excluding steroid dienone is 1. The Kier molecular flexibility index (Phi) is 1.97. The summed E-state index contributed by atoms with van der Waals surface area (Å²) in [6.07, 6.45) is 2.80. The fourth-order valence-electron chi connectivity index (χ4n) is 0.827. The highest BCUT2D eigenvalue weighted by atomic mass is 79.9. The van der Waals surface area contributed by atoms with Gasteiger partial charge in [-0.25, -0.2) is 0 Å².